The van der Waals surface area contributed by atoms with Crippen LogP contribution in [0.15, 0.2) is 24.3 Å². The van der Waals surface area contributed by atoms with Crippen LogP contribution in [0.3, 0.4) is 0 Å². The average Bonchev–Trinajstić information content (AvgIpc) is 2.35. The molecule has 0 heterocycles. The van der Waals surface area contributed by atoms with Gasteiger partial charge >= 0.3 is 0 Å². The quantitative estimate of drug-likeness (QED) is 0.827. The van der Waals surface area contributed by atoms with E-state index in [2.05, 4.69) is 50.5 Å². The molecule has 0 unspecified atom stereocenters. The van der Waals surface area contributed by atoms with Crippen molar-refractivity contribution in [3.8, 4) is 0 Å². The number of hydrogen-bond acceptors (Lipinski definition) is 2. The molecule has 1 rings (SSSR count). The van der Waals surface area contributed by atoms with Crippen LogP contribution in [-0.2, 0) is 17.8 Å². The van der Waals surface area contributed by atoms with Gasteiger partial charge in [0.05, 0.1) is 0 Å². The Morgan fingerprint density at radius 1 is 1.16 bits per heavy atom. The molecule has 0 aromatic heterocycles. The van der Waals surface area contributed by atoms with Gasteiger partial charge in [-0.1, -0.05) is 31.2 Å². The van der Waals surface area contributed by atoms with E-state index in [-0.39, 0.29) is 11.4 Å². The maximum absolute atomic E-state index is 11.8. The fourth-order valence-corrected chi connectivity index (χ4v) is 1.91. The fraction of sp³-hybridized carbons (Fsp3) is 0.562. The third-order valence-corrected chi connectivity index (χ3v) is 2.98. The fourth-order valence-electron chi connectivity index (χ4n) is 1.91. The largest absolute Gasteiger partial charge is 0.352 e. The lowest BCUT2D eigenvalue weighted by Gasteiger charge is -2.20. The van der Waals surface area contributed by atoms with E-state index in [0.29, 0.717) is 19.5 Å². The van der Waals surface area contributed by atoms with E-state index < -0.39 is 0 Å². The molecule has 106 valence electrons. The summed E-state index contributed by atoms with van der Waals surface area (Å²) in [5.41, 5.74) is 2.58. The molecular formula is C16H26N2O. The van der Waals surface area contributed by atoms with Crippen molar-refractivity contribution < 1.29 is 4.79 Å². The van der Waals surface area contributed by atoms with Crippen LogP contribution in [0.4, 0.5) is 0 Å². The Morgan fingerprint density at radius 3 is 2.37 bits per heavy atom. The first-order valence-corrected chi connectivity index (χ1v) is 7.01. The minimum atomic E-state index is 0.0646. The third-order valence-electron chi connectivity index (χ3n) is 2.98. The van der Waals surface area contributed by atoms with Crippen molar-refractivity contribution in [3.05, 3.63) is 35.4 Å². The van der Waals surface area contributed by atoms with Gasteiger partial charge in [-0.2, -0.15) is 0 Å². The second kappa shape index (κ2) is 7.29. The zero-order chi connectivity index (χ0) is 14.3. The van der Waals surface area contributed by atoms with Crippen molar-refractivity contribution in [1.29, 1.82) is 0 Å². The van der Waals surface area contributed by atoms with Crippen molar-refractivity contribution in [1.82, 2.24) is 10.6 Å². The molecule has 0 atom stereocenters. The average molecular weight is 262 g/mol. The summed E-state index contributed by atoms with van der Waals surface area (Å²) in [7, 11) is 0. The summed E-state index contributed by atoms with van der Waals surface area (Å²) in [5, 5.41) is 6.29. The van der Waals surface area contributed by atoms with E-state index in [9.17, 15) is 4.79 Å². The monoisotopic (exact) mass is 262 g/mol. The lowest BCUT2D eigenvalue weighted by molar-refractivity contribution is -0.121. The standard InChI is InChI=1S/C16H26N2O/c1-5-13-8-6-7-9-14(13)12-17-15(19)10-11-18-16(2,3)4/h6-9,18H,5,10-12H2,1-4H3,(H,17,19). The van der Waals surface area contributed by atoms with Gasteiger partial charge in [0.1, 0.15) is 0 Å². The summed E-state index contributed by atoms with van der Waals surface area (Å²) < 4.78 is 0. The van der Waals surface area contributed by atoms with Crippen LogP contribution in [0.5, 0.6) is 0 Å². The lowest BCUT2D eigenvalue weighted by atomic mass is 10.1. The molecule has 1 aromatic rings. The van der Waals surface area contributed by atoms with E-state index >= 15 is 0 Å². The van der Waals surface area contributed by atoms with Crippen LogP contribution in [-0.4, -0.2) is 18.0 Å². The molecule has 19 heavy (non-hydrogen) atoms. The number of rotatable bonds is 6. The Balaban J connectivity index is 2.34. The number of amides is 1. The first kappa shape index (κ1) is 15.7. The van der Waals surface area contributed by atoms with Crippen molar-refractivity contribution >= 4 is 5.91 Å². The molecule has 1 amide bonds. The number of nitrogens with one attached hydrogen (secondary N) is 2. The molecule has 2 N–H and O–H groups in total. The van der Waals surface area contributed by atoms with Gasteiger partial charge in [0.15, 0.2) is 0 Å². The maximum atomic E-state index is 11.8. The van der Waals surface area contributed by atoms with E-state index in [1.807, 2.05) is 12.1 Å². The van der Waals surface area contributed by atoms with Gasteiger partial charge in [0.2, 0.25) is 5.91 Å². The second-order valence-electron chi connectivity index (χ2n) is 5.83. The highest BCUT2D eigenvalue weighted by Crippen LogP contribution is 2.08. The van der Waals surface area contributed by atoms with E-state index in [1.54, 1.807) is 0 Å². The van der Waals surface area contributed by atoms with Gasteiger partial charge in [-0.3, -0.25) is 4.79 Å². The van der Waals surface area contributed by atoms with Gasteiger partial charge in [0.25, 0.3) is 0 Å². The molecule has 0 fully saturated rings. The van der Waals surface area contributed by atoms with Crippen LogP contribution in [0.25, 0.3) is 0 Å². The van der Waals surface area contributed by atoms with E-state index in [4.69, 9.17) is 0 Å². The normalized spacial score (nSPS) is 11.4. The summed E-state index contributed by atoms with van der Waals surface area (Å²) in [6.45, 7) is 9.77. The highest BCUT2D eigenvalue weighted by atomic mass is 16.1. The minimum absolute atomic E-state index is 0.0646. The molecule has 0 spiro atoms. The van der Waals surface area contributed by atoms with E-state index in [0.717, 1.165) is 6.42 Å². The van der Waals surface area contributed by atoms with Crippen LogP contribution in [0.1, 0.15) is 45.2 Å². The minimum Gasteiger partial charge on any atom is -0.352 e. The molecule has 0 saturated carbocycles. The summed E-state index contributed by atoms with van der Waals surface area (Å²) in [5.74, 6) is 0.0997. The topological polar surface area (TPSA) is 41.1 Å². The van der Waals surface area contributed by atoms with Crippen LogP contribution >= 0.6 is 0 Å². The number of hydrogen-bond donors (Lipinski definition) is 2. The molecule has 3 heteroatoms. The highest BCUT2D eigenvalue weighted by Gasteiger charge is 2.09. The summed E-state index contributed by atoms with van der Waals surface area (Å²) in [4.78, 5) is 11.8. The molecule has 0 saturated heterocycles. The van der Waals surface area contributed by atoms with Crippen molar-refractivity contribution in [3.63, 3.8) is 0 Å². The van der Waals surface area contributed by atoms with E-state index in [1.165, 1.54) is 11.1 Å². The molecule has 0 bridgehead atoms. The second-order valence-corrected chi connectivity index (χ2v) is 5.83. The number of benzene rings is 1. The number of aryl methyl sites for hydroxylation is 1. The van der Waals surface area contributed by atoms with Gasteiger partial charge < -0.3 is 10.6 Å². The lowest BCUT2D eigenvalue weighted by Crippen LogP contribution is -2.38. The smallest absolute Gasteiger partial charge is 0.221 e. The molecule has 3 nitrogen and oxygen atoms in total. The predicted octanol–water partition coefficient (Wildman–Crippen LogP) is 2.64. The van der Waals surface area contributed by atoms with Gasteiger partial charge in [-0.05, 0) is 38.3 Å². The first-order valence-electron chi connectivity index (χ1n) is 7.01. The Bertz CT molecular complexity index is 407. The molecule has 0 aliphatic heterocycles. The molecule has 1 aromatic carbocycles. The first-order chi connectivity index (χ1) is 8.92. The van der Waals surface area contributed by atoms with Crippen molar-refractivity contribution in [2.45, 2.75) is 52.6 Å². The summed E-state index contributed by atoms with van der Waals surface area (Å²) in [6.07, 6.45) is 1.52. The van der Waals surface area contributed by atoms with Crippen molar-refractivity contribution in [2.24, 2.45) is 0 Å². The summed E-state index contributed by atoms with van der Waals surface area (Å²) in [6, 6.07) is 8.24. The zero-order valence-corrected chi connectivity index (χ0v) is 12.5. The molecule has 0 radical (unpaired) electrons. The number of carbonyl (C=O) groups is 1. The molecular weight excluding hydrogens is 236 g/mol. The summed E-state index contributed by atoms with van der Waals surface area (Å²) >= 11 is 0. The van der Waals surface area contributed by atoms with Crippen LogP contribution < -0.4 is 10.6 Å². The van der Waals surface area contributed by atoms with Crippen molar-refractivity contribution in [2.75, 3.05) is 6.54 Å². The van der Waals surface area contributed by atoms with Gasteiger partial charge in [-0.25, -0.2) is 0 Å². The Morgan fingerprint density at radius 2 is 1.79 bits per heavy atom. The maximum Gasteiger partial charge on any atom is 0.221 e. The Labute approximate surface area is 116 Å². The predicted molar refractivity (Wildman–Crippen MR) is 80.0 cm³/mol. The van der Waals surface area contributed by atoms with Crippen LogP contribution in [0, 0.1) is 0 Å². The Kier molecular flexibility index (Phi) is 6.03. The number of carbonyl (C=O) groups excluding carboxylic acids is 1. The zero-order valence-electron chi connectivity index (χ0n) is 12.5. The SMILES string of the molecule is CCc1ccccc1CNC(=O)CCNC(C)(C)C. The van der Waals surface area contributed by atoms with Crippen LogP contribution in [0.2, 0.25) is 0 Å². The highest BCUT2D eigenvalue weighted by molar-refractivity contribution is 5.76. The molecule has 0 aliphatic carbocycles. The third kappa shape index (κ3) is 6.39. The molecule has 0 aliphatic rings. The Hall–Kier alpha value is -1.35. The van der Waals surface area contributed by atoms with Gasteiger partial charge in [-0.15, -0.1) is 0 Å². The van der Waals surface area contributed by atoms with Gasteiger partial charge in [0, 0.05) is 25.0 Å².